The Kier molecular flexibility index (Phi) is 9.56. The molecule has 0 aliphatic rings. The van der Waals surface area contributed by atoms with Crippen LogP contribution < -0.4 is 0 Å². The van der Waals surface area contributed by atoms with Crippen LogP contribution in [0, 0.1) is 11.8 Å². The van der Waals surface area contributed by atoms with Gasteiger partial charge in [-0.2, -0.15) is 26.3 Å². The van der Waals surface area contributed by atoms with E-state index in [-0.39, 0.29) is 28.9 Å². The van der Waals surface area contributed by atoms with Crippen molar-refractivity contribution in [2.75, 3.05) is 0 Å². The standard InChI is InChI=1S/C10H13F3OS.C10H11F3OS/c2*1-6(2)3-7-4-8(5-14)15-9(7)10(11,12)13/h4,6,14H,3,5H2,1-2H3;4-6H,3H2,1-2H3. The first-order valence-corrected chi connectivity index (χ1v) is 10.8. The third-order valence-corrected chi connectivity index (χ3v) is 6.09. The van der Waals surface area contributed by atoms with Crippen LogP contribution in [-0.2, 0) is 31.8 Å². The molecule has 0 radical (unpaired) electrons. The number of hydrogen-bond donors (Lipinski definition) is 1. The predicted octanol–water partition coefficient (Wildman–Crippen LogP) is 7.24. The molecule has 0 spiro atoms. The van der Waals surface area contributed by atoms with Crippen LogP contribution in [0.4, 0.5) is 26.3 Å². The van der Waals surface area contributed by atoms with Crippen LogP contribution in [-0.4, -0.2) is 11.4 Å². The van der Waals surface area contributed by atoms with Crippen molar-refractivity contribution in [1.29, 1.82) is 0 Å². The maximum absolute atomic E-state index is 12.6. The summed E-state index contributed by atoms with van der Waals surface area (Å²) in [6.07, 6.45) is -7.45. The number of aliphatic hydroxyl groups excluding tert-OH is 1. The minimum absolute atomic E-state index is 0.137. The zero-order valence-electron chi connectivity index (χ0n) is 16.9. The molecule has 0 unspecified atom stereocenters. The molecule has 0 aliphatic carbocycles. The molecular weight excluding hydrogens is 450 g/mol. The summed E-state index contributed by atoms with van der Waals surface area (Å²) in [4.78, 5) is 9.73. The van der Waals surface area contributed by atoms with Crippen LogP contribution in [0.25, 0.3) is 0 Å². The number of carbonyl (C=O) groups is 1. The Bertz CT molecular complexity index is 816. The summed E-state index contributed by atoms with van der Waals surface area (Å²) < 4.78 is 75.4. The topological polar surface area (TPSA) is 37.3 Å². The van der Waals surface area contributed by atoms with E-state index in [1.54, 1.807) is 0 Å². The highest BCUT2D eigenvalue weighted by Gasteiger charge is 2.36. The molecule has 2 nitrogen and oxygen atoms in total. The highest BCUT2D eigenvalue weighted by atomic mass is 32.1. The number of carbonyl (C=O) groups excluding carboxylic acids is 1. The van der Waals surface area contributed by atoms with Crippen molar-refractivity contribution < 1.29 is 36.2 Å². The van der Waals surface area contributed by atoms with Gasteiger partial charge in [-0.05, 0) is 47.9 Å². The molecule has 0 saturated heterocycles. The summed E-state index contributed by atoms with van der Waals surface area (Å²) >= 11 is 1.15. The first-order chi connectivity index (χ1) is 13.7. The second kappa shape index (κ2) is 10.8. The molecule has 0 aliphatic heterocycles. The molecule has 0 aromatic carbocycles. The lowest BCUT2D eigenvalue weighted by atomic mass is 10.0. The molecule has 2 rings (SSSR count). The van der Waals surface area contributed by atoms with Crippen LogP contribution in [0.3, 0.4) is 0 Å². The van der Waals surface area contributed by atoms with Gasteiger partial charge in [0, 0.05) is 4.88 Å². The fraction of sp³-hybridized carbons (Fsp3) is 0.550. The van der Waals surface area contributed by atoms with Crippen LogP contribution >= 0.6 is 22.7 Å². The van der Waals surface area contributed by atoms with Crippen molar-refractivity contribution in [3.8, 4) is 0 Å². The molecule has 0 saturated carbocycles. The van der Waals surface area contributed by atoms with Gasteiger partial charge in [-0.1, -0.05) is 27.7 Å². The van der Waals surface area contributed by atoms with E-state index < -0.39 is 22.1 Å². The second-order valence-electron chi connectivity index (χ2n) is 7.54. The second-order valence-corrected chi connectivity index (χ2v) is 9.76. The van der Waals surface area contributed by atoms with Crippen molar-refractivity contribution in [2.24, 2.45) is 11.8 Å². The predicted molar refractivity (Wildman–Crippen MR) is 107 cm³/mol. The molecule has 30 heavy (non-hydrogen) atoms. The highest BCUT2D eigenvalue weighted by Crippen LogP contribution is 2.39. The lowest BCUT2D eigenvalue weighted by Gasteiger charge is -2.08. The van der Waals surface area contributed by atoms with Gasteiger partial charge in [0.1, 0.15) is 9.75 Å². The number of aldehydes is 1. The van der Waals surface area contributed by atoms with E-state index in [9.17, 15) is 31.1 Å². The number of hydrogen-bond acceptors (Lipinski definition) is 4. The van der Waals surface area contributed by atoms with Crippen LogP contribution in [0.5, 0.6) is 0 Å². The Hall–Kier alpha value is -1.39. The Morgan fingerprint density at radius 3 is 1.67 bits per heavy atom. The van der Waals surface area contributed by atoms with Crippen molar-refractivity contribution in [3.63, 3.8) is 0 Å². The summed E-state index contributed by atoms with van der Waals surface area (Å²) in [5.41, 5.74) is 0.524. The van der Waals surface area contributed by atoms with Crippen molar-refractivity contribution in [2.45, 2.75) is 59.5 Å². The summed E-state index contributed by atoms with van der Waals surface area (Å²) in [5, 5.41) is 8.82. The molecule has 1 N–H and O–H groups in total. The van der Waals surface area contributed by atoms with Gasteiger partial charge in [-0.15, -0.1) is 22.7 Å². The van der Waals surface area contributed by atoms with E-state index in [1.807, 2.05) is 27.7 Å². The maximum Gasteiger partial charge on any atom is 0.425 e. The molecule has 0 atom stereocenters. The van der Waals surface area contributed by atoms with Crippen molar-refractivity contribution in [3.05, 3.63) is 42.8 Å². The van der Waals surface area contributed by atoms with E-state index in [2.05, 4.69) is 0 Å². The Morgan fingerprint density at radius 1 is 0.867 bits per heavy atom. The third kappa shape index (κ3) is 8.03. The Morgan fingerprint density at radius 2 is 1.30 bits per heavy atom. The van der Waals surface area contributed by atoms with Gasteiger partial charge in [0.05, 0.1) is 11.5 Å². The normalized spacial score (nSPS) is 12.3. The quantitative estimate of drug-likeness (QED) is 0.354. The average Bonchev–Trinajstić information content (AvgIpc) is 3.17. The lowest BCUT2D eigenvalue weighted by molar-refractivity contribution is -0.135. The highest BCUT2D eigenvalue weighted by molar-refractivity contribution is 7.14. The van der Waals surface area contributed by atoms with Gasteiger partial charge in [0.25, 0.3) is 0 Å². The molecule has 2 aromatic rings. The van der Waals surface area contributed by atoms with Crippen LogP contribution in [0.2, 0.25) is 0 Å². The zero-order chi connectivity index (χ0) is 23.3. The fourth-order valence-corrected chi connectivity index (χ4v) is 4.53. The smallest absolute Gasteiger partial charge is 0.391 e. The largest absolute Gasteiger partial charge is 0.425 e. The minimum atomic E-state index is -4.35. The Balaban J connectivity index is 0.000000300. The van der Waals surface area contributed by atoms with Crippen molar-refractivity contribution >= 4 is 29.0 Å². The molecule has 2 heterocycles. The summed E-state index contributed by atoms with van der Waals surface area (Å²) in [7, 11) is 0. The first-order valence-electron chi connectivity index (χ1n) is 9.13. The van der Waals surface area contributed by atoms with E-state index in [0.29, 0.717) is 52.2 Å². The molecule has 0 amide bonds. The van der Waals surface area contributed by atoms with E-state index in [0.717, 1.165) is 0 Å². The number of aliphatic hydroxyl groups is 1. The SMILES string of the molecule is CC(C)Cc1cc(C=O)sc1C(F)(F)F.CC(C)Cc1cc(CO)sc1C(F)(F)F. The molecule has 10 heteroatoms. The van der Waals surface area contributed by atoms with Gasteiger partial charge in [-0.3, -0.25) is 4.79 Å². The van der Waals surface area contributed by atoms with Gasteiger partial charge >= 0.3 is 12.4 Å². The summed E-state index contributed by atoms with van der Waals surface area (Å²) in [6.45, 7) is 7.11. The number of rotatable bonds is 6. The van der Waals surface area contributed by atoms with E-state index in [4.69, 9.17) is 5.11 Å². The zero-order valence-corrected chi connectivity index (χ0v) is 18.6. The fourth-order valence-electron chi connectivity index (χ4n) is 2.73. The molecule has 0 fully saturated rings. The average molecular weight is 475 g/mol. The minimum Gasteiger partial charge on any atom is -0.391 e. The van der Waals surface area contributed by atoms with Gasteiger partial charge in [0.2, 0.25) is 0 Å². The maximum atomic E-state index is 12.6. The van der Waals surface area contributed by atoms with Crippen LogP contribution in [0.1, 0.15) is 63.1 Å². The van der Waals surface area contributed by atoms with Crippen molar-refractivity contribution in [1.82, 2.24) is 0 Å². The summed E-state index contributed by atoms with van der Waals surface area (Å²) in [5.74, 6) is 0.312. The number of thiophene rings is 2. The van der Waals surface area contributed by atoms with Crippen LogP contribution in [0.15, 0.2) is 12.1 Å². The number of halogens is 6. The van der Waals surface area contributed by atoms with E-state index in [1.165, 1.54) is 12.1 Å². The number of alkyl halides is 6. The van der Waals surface area contributed by atoms with Gasteiger partial charge in [0.15, 0.2) is 6.29 Å². The van der Waals surface area contributed by atoms with E-state index >= 15 is 0 Å². The third-order valence-electron chi connectivity index (χ3n) is 3.73. The lowest BCUT2D eigenvalue weighted by Crippen LogP contribution is -2.07. The summed E-state index contributed by atoms with van der Waals surface area (Å²) in [6, 6.07) is 2.79. The molecule has 170 valence electrons. The Labute approximate surface area is 179 Å². The van der Waals surface area contributed by atoms with Gasteiger partial charge < -0.3 is 5.11 Å². The molecule has 0 bridgehead atoms. The monoisotopic (exact) mass is 474 g/mol. The van der Waals surface area contributed by atoms with Gasteiger partial charge in [-0.25, -0.2) is 0 Å². The molecular formula is C20H24F6O2S2. The molecule has 2 aromatic heterocycles. The first kappa shape index (κ1) is 26.6.